The van der Waals surface area contributed by atoms with Crippen LogP contribution in [0, 0.1) is 0 Å². The molecule has 0 bridgehead atoms. The van der Waals surface area contributed by atoms with Gasteiger partial charge in [0.15, 0.2) is 0 Å². The molecule has 1 aromatic rings. The van der Waals surface area contributed by atoms with Crippen LogP contribution in [0.5, 0.6) is 0 Å². The first-order chi connectivity index (χ1) is 7.43. The van der Waals surface area contributed by atoms with Gasteiger partial charge in [0.1, 0.15) is 16.2 Å². The van der Waals surface area contributed by atoms with Crippen LogP contribution in [-0.4, -0.2) is 16.5 Å². The summed E-state index contributed by atoms with van der Waals surface area (Å²) in [5.74, 6) is 1.76. The van der Waals surface area contributed by atoms with Crippen LogP contribution in [-0.2, 0) is 5.41 Å². The molecule has 1 N–H and O–H groups in total. The van der Waals surface area contributed by atoms with Gasteiger partial charge in [0.05, 0.1) is 0 Å². The highest BCUT2D eigenvalue weighted by atomic mass is 79.9. The van der Waals surface area contributed by atoms with Gasteiger partial charge in [0.25, 0.3) is 0 Å². The van der Waals surface area contributed by atoms with Crippen LogP contribution < -0.4 is 5.32 Å². The van der Waals surface area contributed by atoms with Crippen molar-refractivity contribution in [3.8, 4) is 0 Å². The number of hydrogen-bond acceptors (Lipinski definition) is 3. The molecule has 1 heterocycles. The van der Waals surface area contributed by atoms with Crippen molar-refractivity contribution < 1.29 is 0 Å². The molecule has 0 spiro atoms. The van der Waals surface area contributed by atoms with Gasteiger partial charge in [-0.25, -0.2) is 9.97 Å². The third-order valence-electron chi connectivity index (χ3n) is 2.20. The number of unbranched alkanes of at least 4 members (excludes halogenated alkanes) is 1. The summed E-state index contributed by atoms with van der Waals surface area (Å²) in [5, 5.41) is 3.32. The highest BCUT2D eigenvalue weighted by molar-refractivity contribution is 9.10. The van der Waals surface area contributed by atoms with Crippen molar-refractivity contribution in [1.29, 1.82) is 0 Å². The Morgan fingerprint density at radius 2 is 2.00 bits per heavy atom. The van der Waals surface area contributed by atoms with Crippen molar-refractivity contribution >= 4 is 21.7 Å². The molecule has 0 atom stereocenters. The number of halogens is 1. The highest BCUT2D eigenvalue weighted by Gasteiger charge is 2.18. The highest BCUT2D eigenvalue weighted by Crippen LogP contribution is 2.22. The molecule has 3 nitrogen and oxygen atoms in total. The molecule has 0 aliphatic heterocycles. The monoisotopic (exact) mass is 285 g/mol. The largest absolute Gasteiger partial charge is 0.370 e. The van der Waals surface area contributed by atoms with Gasteiger partial charge in [-0.15, -0.1) is 0 Å². The minimum atomic E-state index is -0.0229. The van der Waals surface area contributed by atoms with Gasteiger partial charge in [-0.3, -0.25) is 0 Å². The van der Waals surface area contributed by atoms with E-state index in [1.54, 1.807) is 0 Å². The third-order valence-corrected chi connectivity index (χ3v) is 2.61. The Hall–Kier alpha value is -0.640. The second-order valence-corrected chi connectivity index (χ2v) is 5.74. The summed E-state index contributed by atoms with van der Waals surface area (Å²) < 4.78 is 0.839. The molecule has 0 aliphatic carbocycles. The quantitative estimate of drug-likeness (QED) is 0.676. The molecule has 0 saturated carbocycles. The number of anilines is 1. The van der Waals surface area contributed by atoms with Gasteiger partial charge in [-0.05, 0) is 22.4 Å². The van der Waals surface area contributed by atoms with Gasteiger partial charge < -0.3 is 5.32 Å². The van der Waals surface area contributed by atoms with E-state index in [0.717, 1.165) is 29.2 Å². The van der Waals surface area contributed by atoms with Crippen LogP contribution in [0.25, 0.3) is 0 Å². The summed E-state index contributed by atoms with van der Waals surface area (Å²) in [4.78, 5) is 8.92. The van der Waals surface area contributed by atoms with Crippen LogP contribution in [0.3, 0.4) is 0 Å². The molecule has 0 saturated heterocycles. The first-order valence-electron chi connectivity index (χ1n) is 5.72. The van der Waals surface area contributed by atoms with Crippen LogP contribution in [0.15, 0.2) is 10.7 Å². The third kappa shape index (κ3) is 4.08. The molecule has 0 aromatic carbocycles. The maximum absolute atomic E-state index is 4.52. The lowest BCUT2D eigenvalue weighted by Gasteiger charge is -2.17. The molecule has 0 amide bonds. The van der Waals surface area contributed by atoms with E-state index >= 15 is 0 Å². The van der Waals surface area contributed by atoms with E-state index < -0.39 is 0 Å². The minimum absolute atomic E-state index is 0.0229. The summed E-state index contributed by atoms with van der Waals surface area (Å²) in [6.45, 7) is 9.49. The van der Waals surface area contributed by atoms with Gasteiger partial charge in [0.2, 0.25) is 0 Å². The van der Waals surface area contributed by atoms with Gasteiger partial charge in [0, 0.05) is 18.0 Å². The van der Waals surface area contributed by atoms with Crippen LogP contribution in [0.1, 0.15) is 46.4 Å². The molecule has 0 radical (unpaired) electrons. The summed E-state index contributed by atoms with van der Waals surface area (Å²) in [6, 6.07) is 1.92. The average Bonchev–Trinajstić information content (AvgIpc) is 2.16. The molecule has 0 fully saturated rings. The first-order valence-corrected chi connectivity index (χ1v) is 6.51. The maximum atomic E-state index is 4.52. The fraction of sp³-hybridized carbons (Fsp3) is 0.667. The Kier molecular flexibility index (Phi) is 4.71. The number of nitrogens with one attached hydrogen (secondary N) is 1. The standard InChI is InChI=1S/C12H20BrN3/c1-5-6-7-14-10-8-9(13)15-11(16-10)12(2,3)4/h8H,5-7H2,1-4H3,(H,14,15,16). The fourth-order valence-electron chi connectivity index (χ4n) is 1.24. The van der Waals surface area contributed by atoms with E-state index in [-0.39, 0.29) is 5.41 Å². The summed E-state index contributed by atoms with van der Waals surface area (Å²) in [5.41, 5.74) is -0.0229. The zero-order chi connectivity index (χ0) is 12.2. The van der Waals surface area contributed by atoms with Crippen molar-refractivity contribution in [3.05, 3.63) is 16.5 Å². The molecular formula is C12H20BrN3. The number of aromatic nitrogens is 2. The number of nitrogens with zero attached hydrogens (tertiary/aromatic N) is 2. The molecule has 4 heteroatoms. The van der Waals surface area contributed by atoms with Crippen molar-refractivity contribution in [3.63, 3.8) is 0 Å². The smallest absolute Gasteiger partial charge is 0.137 e. The Morgan fingerprint density at radius 1 is 1.31 bits per heavy atom. The maximum Gasteiger partial charge on any atom is 0.137 e. The number of rotatable bonds is 4. The van der Waals surface area contributed by atoms with Crippen LogP contribution in [0.2, 0.25) is 0 Å². The van der Waals surface area contributed by atoms with Crippen LogP contribution in [0.4, 0.5) is 5.82 Å². The molecule has 16 heavy (non-hydrogen) atoms. The minimum Gasteiger partial charge on any atom is -0.370 e. The topological polar surface area (TPSA) is 37.8 Å². The zero-order valence-electron chi connectivity index (χ0n) is 10.5. The molecule has 1 aromatic heterocycles. The number of hydrogen-bond donors (Lipinski definition) is 1. The zero-order valence-corrected chi connectivity index (χ0v) is 12.1. The predicted octanol–water partition coefficient (Wildman–Crippen LogP) is 3.75. The Labute approximate surface area is 106 Å². The molecule has 1 rings (SSSR count). The summed E-state index contributed by atoms with van der Waals surface area (Å²) in [7, 11) is 0. The van der Waals surface area contributed by atoms with Crippen molar-refractivity contribution in [2.24, 2.45) is 0 Å². The molecule has 0 unspecified atom stereocenters. The van der Waals surface area contributed by atoms with Crippen LogP contribution >= 0.6 is 15.9 Å². The van der Waals surface area contributed by atoms with E-state index in [0.29, 0.717) is 0 Å². The van der Waals surface area contributed by atoms with Gasteiger partial charge >= 0.3 is 0 Å². The molecule has 90 valence electrons. The molecular weight excluding hydrogens is 266 g/mol. The molecule has 0 aliphatic rings. The Bertz CT molecular complexity index is 345. The average molecular weight is 286 g/mol. The SMILES string of the molecule is CCCCNc1cc(Br)nc(C(C)(C)C)n1. The Balaban J connectivity index is 2.82. The normalized spacial score (nSPS) is 11.6. The van der Waals surface area contributed by atoms with Crippen molar-refractivity contribution in [2.75, 3.05) is 11.9 Å². The van der Waals surface area contributed by atoms with Crippen molar-refractivity contribution in [1.82, 2.24) is 9.97 Å². The second-order valence-electron chi connectivity index (χ2n) is 4.93. The fourth-order valence-corrected chi connectivity index (χ4v) is 1.62. The first kappa shape index (κ1) is 13.4. The Morgan fingerprint density at radius 3 is 2.56 bits per heavy atom. The summed E-state index contributed by atoms with van der Waals surface area (Å²) in [6.07, 6.45) is 2.35. The van der Waals surface area contributed by atoms with Crippen molar-refractivity contribution in [2.45, 2.75) is 46.0 Å². The van der Waals surface area contributed by atoms with E-state index in [1.165, 1.54) is 6.42 Å². The van der Waals surface area contributed by atoms with E-state index in [9.17, 15) is 0 Å². The van der Waals surface area contributed by atoms with E-state index in [2.05, 4.69) is 58.9 Å². The van der Waals surface area contributed by atoms with Gasteiger partial charge in [-0.2, -0.15) is 0 Å². The lowest BCUT2D eigenvalue weighted by molar-refractivity contribution is 0.544. The summed E-state index contributed by atoms with van der Waals surface area (Å²) >= 11 is 3.42. The lowest BCUT2D eigenvalue weighted by Crippen LogP contribution is -2.17. The predicted molar refractivity (Wildman–Crippen MR) is 71.8 cm³/mol. The second kappa shape index (κ2) is 5.62. The lowest BCUT2D eigenvalue weighted by atomic mass is 9.96. The van der Waals surface area contributed by atoms with E-state index in [4.69, 9.17) is 0 Å². The van der Waals surface area contributed by atoms with E-state index in [1.807, 2.05) is 6.07 Å². The van der Waals surface area contributed by atoms with Gasteiger partial charge in [-0.1, -0.05) is 34.1 Å².